The number of carbonyl (C=O) groups excluding carboxylic acids is 2. The Balaban J connectivity index is 0. The predicted molar refractivity (Wildman–Crippen MR) is 116 cm³/mol. The maximum absolute atomic E-state index is 11.5. The number of halogens is 1. The number of amides is 2. The van der Waals surface area contributed by atoms with Gasteiger partial charge in [-0.1, -0.05) is 6.92 Å². The van der Waals surface area contributed by atoms with Crippen LogP contribution in [0.1, 0.15) is 53.9 Å². The number of alkyl carbamates (subject to hydrolysis) is 1. The number of hydrogen-bond donors (Lipinski definition) is 4. The molecule has 0 unspecified atom stereocenters. The van der Waals surface area contributed by atoms with Crippen LogP contribution in [0.25, 0.3) is 0 Å². The molecule has 9 heteroatoms. The minimum Gasteiger partial charge on any atom is -0.444 e. The van der Waals surface area contributed by atoms with Gasteiger partial charge >= 0.3 is 6.09 Å². The summed E-state index contributed by atoms with van der Waals surface area (Å²) < 4.78 is 5.16. The van der Waals surface area contributed by atoms with E-state index >= 15 is 0 Å². The monoisotopic (exact) mass is 485 g/mol. The summed E-state index contributed by atoms with van der Waals surface area (Å²) in [6, 6.07) is 0. The fraction of sp³-hybridized carbons (Fsp3) is 0.824. The molecule has 0 spiro atoms. The van der Waals surface area contributed by atoms with Gasteiger partial charge in [-0.25, -0.2) is 4.79 Å². The zero-order chi connectivity index (χ0) is 19.1. The van der Waals surface area contributed by atoms with Gasteiger partial charge in [0.2, 0.25) is 5.91 Å². The van der Waals surface area contributed by atoms with Gasteiger partial charge in [0.15, 0.2) is 5.96 Å². The highest BCUT2D eigenvalue weighted by Gasteiger charge is 2.15. The maximum atomic E-state index is 11.5. The molecule has 0 radical (unpaired) electrons. The van der Waals surface area contributed by atoms with E-state index in [0.29, 0.717) is 45.0 Å². The molecular weight excluding hydrogens is 449 g/mol. The van der Waals surface area contributed by atoms with Crippen molar-refractivity contribution < 1.29 is 14.3 Å². The van der Waals surface area contributed by atoms with Crippen LogP contribution in [-0.4, -0.2) is 56.3 Å². The third kappa shape index (κ3) is 17.6. The van der Waals surface area contributed by atoms with E-state index in [1.165, 1.54) is 0 Å². The lowest BCUT2D eigenvalue weighted by Crippen LogP contribution is -2.39. The largest absolute Gasteiger partial charge is 0.444 e. The number of aliphatic imine (C=N–C) groups is 1. The Morgan fingerprint density at radius 2 is 1.65 bits per heavy atom. The number of guanidine groups is 1. The molecule has 0 aliphatic rings. The van der Waals surface area contributed by atoms with E-state index in [1.54, 1.807) is 0 Å². The van der Waals surface area contributed by atoms with Crippen LogP contribution < -0.4 is 21.3 Å². The van der Waals surface area contributed by atoms with Crippen molar-refractivity contribution >= 4 is 41.9 Å². The zero-order valence-corrected chi connectivity index (χ0v) is 19.1. The lowest BCUT2D eigenvalue weighted by atomic mass is 10.2. The normalized spacial score (nSPS) is 11.2. The minimum absolute atomic E-state index is 0. The van der Waals surface area contributed by atoms with Gasteiger partial charge in [-0.3, -0.25) is 9.79 Å². The van der Waals surface area contributed by atoms with Crippen LogP contribution >= 0.6 is 24.0 Å². The first-order valence-electron chi connectivity index (χ1n) is 9.04. The summed E-state index contributed by atoms with van der Waals surface area (Å²) in [4.78, 5) is 27.5. The molecule has 0 aliphatic heterocycles. The fourth-order valence-electron chi connectivity index (χ4n) is 1.76. The van der Waals surface area contributed by atoms with Crippen molar-refractivity contribution in [1.29, 1.82) is 0 Å². The second-order valence-corrected chi connectivity index (χ2v) is 6.57. The van der Waals surface area contributed by atoms with E-state index in [9.17, 15) is 9.59 Å². The zero-order valence-electron chi connectivity index (χ0n) is 16.7. The summed E-state index contributed by atoms with van der Waals surface area (Å²) in [7, 11) is 0. The van der Waals surface area contributed by atoms with E-state index in [2.05, 4.69) is 26.3 Å². The van der Waals surface area contributed by atoms with Crippen LogP contribution in [-0.2, 0) is 9.53 Å². The molecule has 0 saturated heterocycles. The molecule has 0 heterocycles. The maximum Gasteiger partial charge on any atom is 0.407 e. The lowest BCUT2D eigenvalue weighted by Gasteiger charge is -2.19. The molecule has 26 heavy (non-hydrogen) atoms. The quantitative estimate of drug-likeness (QED) is 0.164. The summed E-state index contributed by atoms with van der Waals surface area (Å²) in [5.74, 6) is 0.704. The van der Waals surface area contributed by atoms with E-state index < -0.39 is 11.7 Å². The van der Waals surface area contributed by atoms with Crippen LogP contribution in [0.4, 0.5) is 4.79 Å². The Labute approximate surface area is 174 Å². The highest BCUT2D eigenvalue weighted by Crippen LogP contribution is 2.06. The molecule has 8 nitrogen and oxygen atoms in total. The second-order valence-electron chi connectivity index (χ2n) is 6.57. The molecule has 4 N–H and O–H groups in total. The number of ether oxygens (including phenoxy) is 1. The highest BCUT2D eigenvalue weighted by atomic mass is 127. The van der Waals surface area contributed by atoms with Gasteiger partial charge in [0.05, 0.1) is 0 Å². The van der Waals surface area contributed by atoms with Crippen LogP contribution in [0, 0.1) is 0 Å². The third-order valence-electron chi connectivity index (χ3n) is 2.83. The average Bonchev–Trinajstić information content (AvgIpc) is 2.50. The minimum atomic E-state index is -0.492. The molecule has 2 amide bonds. The highest BCUT2D eigenvalue weighted by molar-refractivity contribution is 14.0. The van der Waals surface area contributed by atoms with Gasteiger partial charge in [-0.15, -0.1) is 24.0 Å². The Morgan fingerprint density at radius 3 is 2.23 bits per heavy atom. The molecule has 0 fully saturated rings. The second kappa shape index (κ2) is 16.0. The number of nitrogens with one attached hydrogen (secondary N) is 4. The molecule has 0 aromatic heterocycles. The Morgan fingerprint density at radius 1 is 0.962 bits per heavy atom. The van der Waals surface area contributed by atoms with Crippen molar-refractivity contribution in [2.45, 2.75) is 59.5 Å². The molecule has 0 rings (SSSR count). The number of rotatable bonds is 10. The average molecular weight is 485 g/mol. The molecule has 0 bridgehead atoms. The third-order valence-corrected chi connectivity index (χ3v) is 2.83. The van der Waals surface area contributed by atoms with E-state index in [-0.39, 0.29) is 29.9 Å². The first-order chi connectivity index (χ1) is 11.8. The van der Waals surface area contributed by atoms with Crippen molar-refractivity contribution in [1.82, 2.24) is 21.3 Å². The van der Waals surface area contributed by atoms with Crippen LogP contribution in [0.3, 0.4) is 0 Å². The SMILES string of the molecule is CCCNC(=O)CCNC(=NCCCNC(=O)OC(C)(C)C)NCC.I. The predicted octanol–water partition coefficient (Wildman–Crippen LogP) is 1.99. The number of hydrogen-bond acceptors (Lipinski definition) is 4. The Kier molecular flexibility index (Phi) is 16.5. The van der Waals surface area contributed by atoms with E-state index in [1.807, 2.05) is 34.6 Å². The molecule has 0 atom stereocenters. The van der Waals surface area contributed by atoms with Gasteiger partial charge < -0.3 is 26.0 Å². The Hall–Kier alpha value is -1.26. The van der Waals surface area contributed by atoms with Gasteiger partial charge in [0.1, 0.15) is 5.60 Å². The smallest absolute Gasteiger partial charge is 0.407 e. The first kappa shape index (κ1) is 27.0. The van der Waals surface area contributed by atoms with Crippen LogP contribution in [0.5, 0.6) is 0 Å². The summed E-state index contributed by atoms with van der Waals surface area (Å²) in [5, 5.41) is 11.8. The number of nitrogens with zero attached hydrogens (tertiary/aromatic N) is 1. The topological polar surface area (TPSA) is 104 Å². The fourth-order valence-corrected chi connectivity index (χ4v) is 1.76. The van der Waals surface area contributed by atoms with Gasteiger partial charge in [-0.2, -0.15) is 0 Å². The molecule has 0 aromatic rings. The van der Waals surface area contributed by atoms with Gasteiger partial charge in [0, 0.05) is 39.1 Å². The summed E-state index contributed by atoms with van der Waals surface area (Å²) in [6.07, 6.45) is 1.62. The van der Waals surface area contributed by atoms with Crippen molar-refractivity contribution in [2.24, 2.45) is 4.99 Å². The molecule has 0 saturated carbocycles. The summed E-state index contributed by atoms with van der Waals surface area (Å²) >= 11 is 0. The molecule has 0 aliphatic carbocycles. The standard InChI is InChI=1S/C17H35N5O3.HI/c1-6-10-19-14(23)9-13-21-15(18-7-2)20-11-8-12-22-16(24)25-17(3,4)5;/h6-13H2,1-5H3,(H,19,23)(H,22,24)(H2,18,20,21);1H. The summed E-state index contributed by atoms with van der Waals surface area (Å²) in [5.41, 5.74) is -0.492. The van der Waals surface area contributed by atoms with Crippen LogP contribution in [0.15, 0.2) is 4.99 Å². The van der Waals surface area contributed by atoms with E-state index in [4.69, 9.17) is 4.74 Å². The first-order valence-corrected chi connectivity index (χ1v) is 9.04. The van der Waals surface area contributed by atoms with Crippen molar-refractivity contribution in [2.75, 3.05) is 32.7 Å². The molecule has 0 aromatic carbocycles. The molecule has 154 valence electrons. The van der Waals surface area contributed by atoms with Crippen LogP contribution in [0.2, 0.25) is 0 Å². The molecular formula is C17H36IN5O3. The van der Waals surface area contributed by atoms with E-state index in [0.717, 1.165) is 13.0 Å². The lowest BCUT2D eigenvalue weighted by molar-refractivity contribution is -0.120. The Bertz CT molecular complexity index is 425. The van der Waals surface area contributed by atoms with Crippen molar-refractivity contribution in [3.05, 3.63) is 0 Å². The van der Waals surface area contributed by atoms with Gasteiger partial charge in [0.25, 0.3) is 0 Å². The van der Waals surface area contributed by atoms with Gasteiger partial charge in [-0.05, 0) is 40.5 Å². The summed E-state index contributed by atoms with van der Waals surface area (Å²) in [6.45, 7) is 12.5. The van der Waals surface area contributed by atoms with Crippen molar-refractivity contribution in [3.63, 3.8) is 0 Å². The number of carbonyl (C=O) groups is 2. The van der Waals surface area contributed by atoms with Crippen molar-refractivity contribution in [3.8, 4) is 0 Å².